The number of nitrogens with one attached hydrogen (secondary N) is 1. The van der Waals surface area contributed by atoms with E-state index in [1.807, 2.05) is 6.07 Å². The van der Waals surface area contributed by atoms with Gasteiger partial charge in [-0.15, -0.1) is 0 Å². The molecule has 0 saturated heterocycles. The number of carboxylic acids is 1. The van der Waals surface area contributed by atoms with E-state index < -0.39 is 22.6 Å². The van der Waals surface area contributed by atoms with E-state index >= 15 is 0 Å². The van der Waals surface area contributed by atoms with Crippen LogP contribution in [0.5, 0.6) is 11.5 Å². The number of fused-ring (bicyclic) bond motifs is 3. The van der Waals surface area contributed by atoms with Gasteiger partial charge in [-0.05, 0) is 25.3 Å². The Morgan fingerprint density at radius 3 is 2.79 bits per heavy atom. The van der Waals surface area contributed by atoms with Crippen molar-refractivity contribution in [2.24, 2.45) is 0 Å². The van der Waals surface area contributed by atoms with Crippen molar-refractivity contribution >= 4 is 16.0 Å². The zero-order valence-electron chi connectivity index (χ0n) is 16.2. The van der Waals surface area contributed by atoms with E-state index in [0.29, 0.717) is 17.9 Å². The molecule has 3 atom stereocenters. The van der Waals surface area contributed by atoms with Gasteiger partial charge in [-0.25, -0.2) is 17.9 Å². The minimum atomic E-state index is -3.34. The molecule has 2 N–H and O–H groups in total. The lowest BCUT2D eigenvalue weighted by Gasteiger charge is -2.19. The summed E-state index contributed by atoms with van der Waals surface area (Å²) in [5, 5.41) is 8.83. The third kappa shape index (κ3) is 4.97. The van der Waals surface area contributed by atoms with Gasteiger partial charge in [0.2, 0.25) is 10.0 Å². The third-order valence-electron chi connectivity index (χ3n) is 5.43. The maximum atomic E-state index is 12.5. The van der Waals surface area contributed by atoms with Gasteiger partial charge in [0.05, 0.1) is 5.75 Å². The van der Waals surface area contributed by atoms with Crippen molar-refractivity contribution in [2.75, 3.05) is 12.4 Å². The summed E-state index contributed by atoms with van der Waals surface area (Å²) in [4.78, 5) is 10.8. The second kappa shape index (κ2) is 9.13. The second-order valence-corrected chi connectivity index (χ2v) is 9.45. The summed E-state index contributed by atoms with van der Waals surface area (Å²) in [6.07, 6.45) is 6.32. The summed E-state index contributed by atoms with van der Waals surface area (Å²) < 4.78 is 39.3. The number of aliphatic carboxylic acids is 1. The molecule has 1 fully saturated rings. The Morgan fingerprint density at radius 1 is 1.25 bits per heavy atom. The molecular formula is C20H29NO6S. The van der Waals surface area contributed by atoms with Gasteiger partial charge in [0.25, 0.3) is 0 Å². The molecule has 3 rings (SSSR count). The van der Waals surface area contributed by atoms with Crippen molar-refractivity contribution in [2.45, 2.75) is 69.9 Å². The van der Waals surface area contributed by atoms with Crippen molar-refractivity contribution < 1.29 is 27.8 Å². The fourth-order valence-electron chi connectivity index (χ4n) is 4.15. The van der Waals surface area contributed by atoms with Gasteiger partial charge in [0.15, 0.2) is 18.1 Å². The highest BCUT2D eigenvalue weighted by Gasteiger charge is 2.46. The normalized spacial score (nSPS) is 23.1. The molecular weight excluding hydrogens is 382 g/mol. The molecule has 0 aromatic heterocycles. The fourth-order valence-corrected chi connectivity index (χ4v) is 5.58. The smallest absolute Gasteiger partial charge is 0.341 e. The van der Waals surface area contributed by atoms with E-state index in [-0.39, 0.29) is 23.8 Å². The molecule has 3 unspecified atom stereocenters. The number of sulfonamides is 1. The standard InChI is InChI=1S/C20H29NO6S/c1-2-3-4-5-6-12-28(24,25)21-15-10-11-16-19(15)14-8-7-9-17(20(14)27-16)26-13-18(22)23/h7-9,15-16,19,21H,2-6,10-13H2,1H3,(H,22,23). The molecule has 1 saturated carbocycles. The number of carboxylic acid groups (broad SMARTS) is 1. The molecule has 0 radical (unpaired) electrons. The Bertz CT molecular complexity index is 794. The van der Waals surface area contributed by atoms with Gasteiger partial charge in [-0.2, -0.15) is 0 Å². The quantitative estimate of drug-likeness (QED) is 0.543. The van der Waals surface area contributed by atoms with Crippen LogP contribution in [0.3, 0.4) is 0 Å². The van der Waals surface area contributed by atoms with Crippen LogP contribution in [0.1, 0.15) is 63.4 Å². The van der Waals surface area contributed by atoms with Crippen LogP contribution >= 0.6 is 0 Å². The number of hydrogen-bond acceptors (Lipinski definition) is 5. The third-order valence-corrected chi connectivity index (χ3v) is 6.92. The first-order chi connectivity index (χ1) is 13.4. The van der Waals surface area contributed by atoms with Crippen LogP contribution < -0.4 is 14.2 Å². The number of rotatable bonds is 11. The molecule has 0 bridgehead atoms. The van der Waals surface area contributed by atoms with Crippen LogP contribution in [0, 0.1) is 0 Å². The van der Waals surface area contributed by atoms with Gasteiger partial charge < -0.3 is 14.6 Å². The van der Waals surface area contributed by atoms with E-state index in [9.17, 15) is 13.2 Å². The summed E-state index contributed by atoms with van der Waals surface area (Å²) in [6, 6.07) is 5.17. The van der Waals surface area contributed by atoms with Crippen LogP contribution in [0.25, 0.3) is 0 Å². The molecule has 0 spiro atoms. The summed E-state index contributed by atoms with van der Waals surface area (Å²) in [7, 11) is -3.34. The Labute approximate surface area is 166 Å². The minimum Gasteiger partial charge on any atom is -0.486 e. The molecule has 1 aromatic carbocycles. The Balaban J connectivity index is 1.65. The maximum absolute atomic E-state index is 12.5. The molecule has 156 valence electrons. The van der Waals surface area contributed by atoms with Gasteiger partial charge >= 0.3 is 5.97 Å². The average molecular weight is 412 g/mol. The topological polar surface area (TPSA) is 102 Å². The highest BCUT2D eigenvalue weighted by Crippen LogP contribution is 2.50. The van der Waals surface area contributed by atoms with Gasteiger partial charge in [-0.1, -0.05) is 44.7 Å². The lowest BCUT2D eigenvalue weighted by atomic mass is 9.94. The van der Waals surface area contributed by atoms with Crippen molar-refractivity contribution in [1.29, 1.82) is 0 Å². The molecule has 1 aliphatic heterocycles. The number of hydrogen-bond donors (Lipinski definition) is 2. The van der Waals surface area contributed by atoms with Crippen LogP contribution in [0.2, 0.25) is 0 Å². The van der Waals surface area contributed by atoms with E-state index in [0.717, 1.165) is 44.1 Å². The first-order valence-corrected chi connectivity index (χ1v) is 11.7. The minimum absolute atomic E-state index is 0.0711. The number of ether oxygens (including phenoxy) is 2. The van der Waals surface area contributed by atoms with Crippen molar-refractivity contribution in [3.05, 3.63) is 23.8 Å². The Kier molecular flexibility index (Phi) is 6.82. The predicted octanol–water partition coefficient (Wildman–Crippen LogP) is 3.05. The molecule has 1 aliphatic carbocycles. The van der Waals surface area contributed by atoms with Crippen LogP contribution in [-0.4, -0.2) is 44.0 Å². The monoisotopic (exact) mass is 411 g/mol. The summed E-state index contributed by atoms with van der Waals surface area (Å²) in [5.41, 5.74) is 0.890. The lowest BCUT2D eigenvalue weighted by Crippen LogP contribution is -2.38. The molecule has 28 heavy (non-hydrogen) atoms. The molecule has 8 heteroatoms. The Morgan fingerprint density at radius 2 is 2.04 bits per heavy atom. The highest BCUT2D eigenvalue weighted by atomic mass is 32.2. The zero-order chi connectivity index (χ0) is 20.1. The van der Waals surface area contributed by atoms with Crippen LogP contribution in [-0.2, 0) is 14.8 Å². The molecule has 1 aromatic rings. The molecule has 7 nitrogen and oxygen atoms in total. The molecule has 2 aliphatic rings. The Hall–Kier alpha value is -1.80. The first kappa shape index (κ1) is 20.9. The van der Waals surface area contributed by atoms with E-state index in [1.54, 1.807) is 12.1 Å². The van der Waals surface area contributed by atoms with E-state index in [1.165, 1.54) is 0 Å². The average Bonchev–Trinajstić information content (AvgIpc) is 3.19. The summed E-state index contributed by atoms with van der Waals surface area (Å²) >= 11 is 0. The van der Waals surface area contributed by atoms with Gasteiger partial charge in [0, 0.05) is 17.5 Å². The van der Waals surface area contributed by atoms with E-state index in [2.05, 4.69) is 11.6 Å². The number of para-hydroxylation sites is 1. The van der Waals surface area contributed by atoms with E-state index in [4.69, 9.17) is 14.6 Å². The van der Waals surface area contributed by atoms with Crippen LogP contribution in [0.15, 0.2) is 18.2 Å². The summed E-state index contributed by atoms with van der Waals surface area (Å²) in [6.45, 7) is 1.69. The second-order valence-electron chi connectivity index (χ2n) is 7.57. The van der Waals surface area contributed by atoms with Crippen molar-refractivity contribution in [1.82, 2.24) is 4.72 Å². The lowest BCUT2D eigenvalue weighted by molar-refractivity contribution is -0.139. The first-order valence-electron chi connectivity index (χ1n) is 10.1. The zero-order valence-corrected chi connectivity index (χ0v) is 17.0. The van der Waals surface area contributed by atoms with Crippen molar-refractivity contribution in [3.63, 3.8) is 0 Å². The molecule has 0 amide bonds. The van der Waals surface area contributed by atoms with Crippen LogP contribution in [0.4, 0.5) is 0 Å². The summed E-state index contributed by atoms with van der Waals surface area (Å²) in [5.74, 6) is -0.0345. The van der Waals surface area contributed by atoms with Gasteiger partial charge in [0.1, 0.15) is 6.10 Å². The van der Waals surface area contributed by atoms with Gasteiger partial charge in [-0.3, -0.25) is 0 Å². The number of unbranched alkanes of at least 4 members (excludes halogenated alkanes) is 4. The maximum Gasteiger partial charge on any atom is 0.341 e. The highest BCUT2D eigenvalue weighted by molar-refractivity contribution is 7.89. The molecule has 1 heterocycles. The number of benzene rings is 1. The number of carbonyl (C=O) groups is 1. The van der Waals surface area contributed by atoms with Crippen molar-refractivity contribution in [3.8, 4) is 11.5 Å². The SMILES string of the molecule is CCCCCCCS(=O)(=O)NC1CCC2Oc3c(OCC(=O)O)cccc3C12. The largest absolute Gasteiger partial charge is 0.486 e. The predicted molar refractivity (Wildman–Crippen MR) is 105 cm³/mol. The fraction of sp³-hybridized carbons (Fsp3) is 0.650.